The first-order valence-electron chi connectivity index (χ1n) is 12.3. The number of hydrogen-bond donors (Lipinski definition) is 0. The quantitative estimate of drug-likeness (QED) is 0.400. The van der Waals surface area contributed by atoms with E-state index >= 15 is 0 Å². The molecule has 1 amide bonds. The number of piperazine rings is 1. The lowest BCUT2D eigenvalue weighted by molar-refractivity contribution is -0.132. The number of aromatic nitrogens is 3. The predicted octanol–water partition coefficient (Wildman–Crippen LogP) is 3.99. The van der Waals surface area contributed by atoms with Gasteiger partial charge >= 0.3 is 0 Å². The highest BCUT2D eigenvalue weighted by atomic mass is 16.2. The molecule has 7 heteroatoms. The van der Waals surface area contributed by atoms with E-state index in [0.29, 0.717) is 25.6 Å². The summed E-state index contributed by atoms with van der Waals surface area (Å²) < 4.78 is 0. The van der Waals surface area contributed by atoms with E-state index < -0.39 is 0 Å². The van der Waals surface area contributed by atoms with Crippen molar-refractivity contribution in [2.75, 3.05) is 43.0 Å². The minimum atomic E-state index is -0.300. The van der Waals surface area contributed by atoms with E-state index in [1.165, 1.54) is 0 Å². The van der Waals surface area contributed by atoms with Gasteiger partial charge in [0.2, 0.25) is 11.9 Å². The largest absolute Gasteiger partial charge is 0.353 e. The van der Waals surface area contributed by atoms with Crippen molar-refractivity contribution in [3.05, 3.63) is 114 Å². The highest BCUT2D eigenvalue weighted by Crippen LogP contribution is 2.28. The van der Waals surface area contributed by atoms with Crippen molar-refractivity contribution in [3.8, 4) is 0 Å². The Labute approximate surface area is 212 Å². The fourth-order valence-electron chi connectivity index (χ4n) is 4.64. The van der Waals surface area contributed by atoms with E-state index in [4.69, 9.17) is 4.98 Å². The highest BCUT2D eigenvalue weighted by Gasteiger charge is 2.30. The molecule has 1 fully saturated rings. The first-order chi connectivity index (χ1) is 17.7. The van der Waals surface area contributed by atoms with Crippen LogP contribution in [0, 0.1) is 0 Å². The first-order valence-corrected chi connectivity index (χ1v) is 12.3. The van der Waals surface area contributed by atoms with Gasteiger partial charge in [0.15, 0.2) is 0 Å². The summed E-state index contributed by atoms with van der Waals surface area (Å²) in [4.78, 5) is 33.4. The van der Waals surface area contributed by atoms with Gasteiger partial charge in [-0.1, -0.05) is 66.7 Å². The summed E-state index contributed by atoms with van der Waals surface area (Å²) >= 11 is 0. The van der Waals surface area contributed by atoms with Crippen LogP contribution in [0.1, 0.15) is 22.6 Å². The Hall–Kier alpha value is -4.26. The van der Waals surface area contributed by atoms with Crippen LogP contribution in [0.5, 0.6) is 0 Å². The van der Waals surface area contributed by atoms with Crippen molar-refractivity contribution in [2.45, 2.75) is 12.5 Å². The van der Waals surface area contributed by atoms with E-state index in [1.807, 2.05) is 102 Å². The molecule has 0 N–H and O–H groups in total. The number of carbonyl (C=O) groups excluding carboxylic acids is 1. The maximum absolute atomic E-state index is 13.7. The molecule has 5 rings (SSSR count). The highest BCUT2D eigenvalue weighted by molar-refractivity contribution is 5.87. The van der Waals surface area contributed by atoms with Crippen molar-refractivity contribution >= 4 is 17.7 Å². The zero-order valence-corrected chi connectivity index (χ0v) is 20.4. The third kappa shape index (κ3) is 5.35. The monoisotopic (exact) mass is 478 g/mol. The lowest BCUT2D eigenvalue weighted by Crippen LogP contribution is -2.50. The number of nitrogens with zero attached hydrogens (tertiary/aromatic N) is 6. The summed E-state index contributed by atoms with van der Waals surface area (Å²) in [5.74, 6) is 1.40. The van der Waals surface area contributed by atoms with E-state index in [0.717, 1.165) is 35.6 Å². The van der Waals surface area contributed by atoms with Crippen molar-refractivity contribution < 1.29 is 4.79 Å². The van der Waals surface area contributed by atoms with E-state index in [-0.39, 0.29) is 11.8 Å². The molecule has 4 aromatic rings. The number of carbonyl (C=O) groups is 1. The van der Waals surface area contributed by atoms with Gasteiger partial charge in [0.05, 0.1) is 5.92 Å². The minimum absolute atomic E-state index is 0.145. The number of amides is 1. The summed E-state index contributed by atoms with van der Waals surface area (Å²) in [5, 5.41) is 0. The van der Waals surface area contributed by atoms with Gasteiger partial charge in [-0.3, -0.25) is 9.78 Å². The van der Waals surface area contributed by atoms with Gasteiger partial charge in [-0.05, 0) is 28.8 Å². The minimum Gasteiger partial charge on any atom is -0.353 e. The van der Waals surface area contributed by atoms with Crippen LogP contribution in [0.25, 0.3) is 0 Å². The van der Waals surface area contributed by atoms with Crippen LogP contribution in [-0.4, -0.2) is 59.0 Å². The molecule has 0 bridgehead atoms. The molecule has 0 radical (unpaired) electrons. The molecule has 0 unspecified atom stereocenters. The van der Waals surface area contributed by atoms with Gasteiger partial charge in [-0.15, -0.1) is 0 Å². The van der Waals surface area contributed by atoms with Crippen LogP contribution in [0.3, 0.4) is 0 Å². The van der Waals surface area contributed by atoms with Crippen LogP contribution >= 0.6 is 0 Å². The molecule has 0 aliphatic carbocycles. The Morgan fingerprint density at radius 1 is 0.861 bits per heavy atom. The van der Waals surface area contributed by atoms with E-state index in [2.05, 4.69) is 14.9 Å². The second-order valence-electron chi connectivity index (χ2n) is 9.00. The van der Waals surface area contributed by atoms with Gasteiger partial charge in [0, 0.05) is 58.4 Å². The Bertz CT molecular complexity index is 1220. The molecule has 36 heavy (non-hydrogen) atoms. The van der Waals surface area contributed by atoms with Gasteiger partial charge < -0.3 is 14.7 Å². The fourth-order valence-corrected chi connectivity index (χ4v) is 4.64. The third-order valence-corrected chi connectivity index (χ3v) is 6.54. The Morgan fingerprint density at radius 3 is 2.14 bits per heavy atom. The molecule has 1 aliphatic heterocycles. The van der Waals surface area contributed by atoms with Crippen molar-refractivity contribution in [3.63, 3.8) is 0 Å². The van der Waals surface area contributed by atoms with Gasteiger partial charge in [0.25, 0.3) is 0 Å². The van der Waals surface area contributed by atoms with Crippen LogP contribution < -0.4 is 9.80 Å². The fraction of sp³-hybridized carbons (Fsp3) is 0.241. The second kappa shape index (κ2) is 11.0. The SMILES string of the molecule is CN(Cc1cccnc1)c1nccc(N2CCN(C(=O)C(c3ccccc3)c3ccccc3)CC2)n1. The topological polar surface area (TPSA) is 65.5 Å². The molecule has 7 nitrogen and oxygen atoms in total. The van der Waals surface area contributed by atoms with Crippen molar-refractivity contribution in [1.29, 1.82) is 0 Å². The average Bonchev–Trinajstić information content (AvgIpc) is 2.95. The lowest BCUT2D eigenvalue weighted by atomic mass is 9.90. The van der Waals surface area contributed by atoms with Gasteiger partial charge in [0.1, 0.15) is 5.82 Å². The maximum atomic E-state index is 13.7. The van der Waals surface area contributed by atoms with Crippen molar-refractivity contribution in [1.82, 2.24) is 19.9 Å². The molecule has 1 saturated heterocycles. The molecule has 0 atom stereocenters. The Kier molecular flexibility index (Phi) is 7.17. The summed E-state index contributed by atoms with van der Waals surface area (Å²) in [6.45, 7) is 3.44. The Balaban J connectivity index is 1.26. The molecule has 2 aromatic heterocycles. The molecule has 2 aromatic carbocycles. The van der Waals surface area contributed by atoms with Crippen LogP contribution in [0.4, 0.5) is 11.8 Å². The number of benzene rings is 2. The zero-order valence-electron chi connectivity index (χ0n) is 20.4. The number of hydrogen-bond acceptors (Lipinski definition) is 6. The lowest BCUT2D eigenvalue weighted by Gasteiger charge is -2.37. The summed E-state index contributed by atoms with van der Waals surface area (Å²) in [6.07, 6.45) is 5.43. The van der Waals surface area contributed by atoms with E-state index in [1.54, 1.807) is 12.4 Å². The molecule has 182 valence electrons. The Morgan fingerprint density at radius 2 is 1.53 bits per heavy atom. The third-order valence-electron chi connectivity index (χ3n) is 6.54. The van der Waals surface area contributed by atoms with Crippen LogP contribution in [0.15, 0.2) is 97.5 Å². The molecular weight excluding hydrogens is 448 g/mol. The molecular formula is C29H30N6O. The average molecular weight is 479 g/mol. The summed E-state index contributed by atoms with van der Waals surface area (Å²) in [6, 6.07) is 26.0. The van der Waals surface area contributed by atoms with Crippen molar-refractivity contribution in [2.24, 2.45) is 0 Å². The molecule has 0 saturated carbocycles. The molecule has 3 heterocycles. The van der Waals surface area contributed by atoms with Crippen LogP contribution in [-0.2, 0) is 11.3 Å². The predicted molar refractivity (Wildman–Crippen MR) is 142 cm³/mol. The van der Waals surface area contributed by atoms with Gasteiger partial charge in [-0.25, -0.2) is 4.98 Å². The summed E-state index contributed by atoms with van der Waals surface area (Å²) in [5.41, 5.74) is 3.15. The smallest absolute Gasteiger partial charge is 0.234 e. The molecule has 1 aliphatic rings. The first kappa shape index (κ1) is 23.5. The number of rotatable bonds is 7. The van der Waals surface area contributed by atoms with Gasteiger partial charge in [-0.2, -0.15) is 4.98 Å². The number of pyridine rings is 1. The summed E-state index contributed by atoms with van der Waals surface area (Å²) in [7, 11) is 1.98. The normalized spacial score (nSPS) is 13.6. The standard InChI is InChI=1S/C29H30N6O/c1-33(22-23-9-8-15-30-21-23)29-31-16-14-26(32-29)34-17-19-35(20-18-34)28(36)27(24-10-4-2-5-11-24)25-12-6-3-7-13-25/h2-16,21,27H,17-20,22H2,1H3. The number of anilines is 2. The second-order valence-corrected chi connectivity index (χ2v) is 9.00. The maximum Gasteiger partial charge on any atom is 0.234 e. The van der Waals surface area contributed by atoms with E-state index in [9.17, 15) is 4.79 Å². The zero-order chi connectivity index (χ0) is 24.7. The van der Waals surface area contributed by atoms with Crippen LogP contribution in [0.2, 0.25) is 0 Å². The molecule has 0 spiro atoms.